The highest BCUT2D eigenvalue weighted by Gasteiger charge is 2.17. The quantitative estimate of drug-likeness (QED) is 0.760. The molecule has 0 fully saturated rings. The van der Waals surface area contributed by atoms with Gasteiger partial charge < -0.3 is 9.47 Å². The van der Waals surface area contributed by atoms with Crippen LogP contribution in [0.25, 0.3) is 0 Å². The van der Waals surface area contributed by atoms with Crippen LogP contribution in [0.3, 0.4) is 0 Å². The number of sulfonamides is 1. The van der Waals surface area contributed by atoms with Crippen molar-refractivity contribution >= 4 is 31.9 Å². The Bertz CT molecular complexity index is 880. The summed E-state index contributed by atoms with van der Waals surface area (Å²) >= 11 is 3.20. The van der Waals surface area contributed by atoms with E-state index in [1.54, 1.807) is 6.07 Å². The van der Waals surface area contributed by atoms with Gasteiger partial charge >= 0.3 is 5.97 Å². The van der Waals surface area contributed by atoms with Gasteiger partial charge in [0.25, 0.3) is 0 Å². The fraction of sp³-hybridized carbons (Fsp3) is 0.188. The van der Waals surface area contributed by atoms with E-state index in [0.29, 0.717) is 15.8 Å². The smallest absolute Gasteiger partial charge is 0.339 e. The number of esters is 1. The molecule has 24 heavy (non-hydrogen) atoms. The lowest BCUT2D eigenvalue weighted by Gasteiger charge is -2.11. The molecule has 0 aromatic heterocycles. The van der Waals surface area contributed by atoms with Gasteiger partial charge in [-0.3, -0.25) is 0 Å². The van der Waals surface area contributed by atoms with Crippen molar-refractivity contribution in [1.29, 1.82) is 0 Å². The molecule has 2 aromatic carbocycles. The number of methoxy groups -OCH3 is 1. The molecule has 2 aromatic rings. The minimum atomic E-state index is -3.91. The SMILES string of the molecule is COc1ccc(C)cc1COC(=O)c1cc(S(N)(=O)=O)ccc1Br. The number of rotatable bonds is 5. The highest BCUT2D eigenvalue weighted by atomic mass is 79.9. The van der Waals surface area contributed by atoms with Crippen molar-refractivity contribution in [3.05, 3.63) is 57.6 Å². The minimum Gasteiger partial charge on any atom is -0.496 e. The summed E-state index contributed by atoms with van der Waals surface area (Å²) in [5.41, 5.74) is 1.79. The lowest BCUT2D eigenvalue weighted by Crippen LogP contribution is -2.14. The van der Waals surface area contributed by atoms with Crippen molar-refractivity contribution in [3.8, 4) is 5.75 Å². The van der Waals surface area contributed by atoms with Crippen molar-refractivity contribution in [3.63, 3.8) is 0 Å². The average molecular weight is 414 g/mol. The van der Waals surface area contributed by atoms with E-state index in [0.717, 1.165) is 5.56 Å². The Hall–Kier alpha value is -1.90. The van der Waals surface area contributed by atoms with E-state index in [1.165, 1.54) is 25.3 Å². The zero-order chi connectivity index (χ0) is 17.9. The van der Waals surface area contributed by atoms with E-state index in [2.05, 4.69) is 15.9 Å². The summed E-state index contributed by atoms with van der Waals surface area (Å²) in [7, 11) is -2.38. The lowest BCUT2D eigenvalue weighted by molar-refractivity contribution is 0.0468. The maximum atomic E-state index is 12.3. The minimum absolute atomic E-state index is 0.00424. The largest absolute Gasteiger partial charge is 0.496 e. The Morgan fingerprint density at radius 2 is 1.92 bits per heavy atom. The fourth-order valence-electron chi connectivity index (χ4n) is 2.08. The van der Waals surface area contributed by atoms with Crippen LogP contribution in [-0.4, -0.2) is 21.5 Å². The number of nitrogens with two attached hydrogens (primary N) is 1. The molecule has 0 amide bonds. The first kappa shape index (κ1) is 18.4. The first-order valence-corrected chi connectivity index (χ1v) is 9.19. The van der Waals surface area contributed by atoms with Crippen LogP contribution in [0, 0.1) is 6.92 Å². The number of hydrogen-bond donors (Lipinski definition) is 1. The molecule has 0 radical (unpaired) electrons. The molecule has 0 atom stereocenters. The van der Waals surface area contributed by atoms with Gasteiger partial charge in [0.1, 0.15) is 12.4 Å². The molecular formula is C16H16BrNO5S. The first-order valence-electron chi connectivity index (χ1n) is 6.85. The molecule has 0 heterocycles. The van der Waals surface area contributed by atoms with Crippen molar-refractivity contribution < 1.29 is 22.7 Å². The normalized spacial score (nSPS) is 11.2. The average Bonchev–Trinajstić information content (AvgIpc) is 2.52. The second-order valence-corrected chi connectivity index (χ2v) is 7.49. The standard InChI is InChI=1S/C16H16BrNO5S/c1-10-3-6-15(22-2)11(7-10)9-23-16(19)13-8-12(24(18,20)21)4-5-14(13)17/h3-8H,9H2,1-2H3,(H2,18,20,21). The van der Waals surface area contributed by atoms with E-state index in [1.807, 2.05) is 19.1 Å². The fourth-order valence-corrected chi connectivity index (χ4v) is 3.03. The van der Waals surface area contributed by atoms with Crippen LogP contribution < -0.4 is 9.88 Å². The highest BCUT2D eigenvalue weighted by Crippen LogP contribution is 2.24. The van der Waals surface area contributed by atoms with Gasteiger partial charge in [0.05, 0.1) is 17.6 Å². The Kier molecular flexibility index (Phi) is 5.63. The van der Waals surface area contributed by atoms with E-state index < -0.39 is 16.0 Å². The summed E-state index contributed by atoms with van der Waals surface area (Å²) in [6, 6.07) is 9.44. The zero-order valence-corrected chi connectivity index (χ0v) is 15.5. The molecule has 0 aliphatic rings. The molecule has 128 valence electrons. The van der Waals surface area contributed by atoms with Crippen molar-refractivity contribution in [2.24, 2.45) is 5.14 Å². The summed E-state index contributed by atoms with van der Waals surface area (Å²) in [6.45, 7) is 1.91. The number of ether oxygens (including phenoxy) is 2. The molecule has 0 aliphatic heterocycles. The summed E-state index contributed by atoms with van der Waals surface area (Å²) in [4.78, 5) is 12.1. The van der Waals surface area contributed by atoms with E-state index in [-0.39, 0.29) is 17.1 Å². The van der Waals surface area contributed by atoms with Crippen molar-refractivity contribution in [2.45, 2.75) is 18.4 Å². The van der Waals surface area contributed by atoms with E-state index in [9.17, 15) is 13.2 Å². The molecule has 0 aliphatic carbocycles. The summed E-state index contributed by atoms with van der Waals surface area (Å²) in [6.07, 6.45) is 0. The van der Waals surface area contributed by atoms with Crippen molar-refractivity contribution in [2.75, 3.05) is 7.11 Å². The van der Waals surface area contributed by atoms with Crippen LogP contribution in [0.1, 0.15) is 21.5 Å². The number of halogens is 1. The summed E-state index contributed by atoms with van der Waals surface area (Å²) in [5, 5.41) is 5.08. The Balaban J connectivity index is 2.24. The molecule has 2 N–H and O–H groups in total. The molecular weight excluding hydrogens is 398 g/mol. The molecule has 6 nitrogen and oxygen atoms in total. The predicted molar refractivity (Wildman–Crippen MR) is 92.4 cm³/mol. The van der Waals surface area contributed by atoms with Gasteiger partial charge in [0, 0.05) is 10.0 Å². The van der Waals surface area contributed by atoms with Crippen LogP contribution in [-0.2, 0) is 21.4 Å². The monoisotopic (exact) mass is 413 g/mol. The molecule has 0 unspecified atom stereocenters. The third kappa shape index (κ3) is 4.34. The van der Waals surface area contributed by atoms with Gasteiger partial charge in [0.2, 0.25) is 10.0 Å². The molecule has 0 saturated heterocycles. The first-order chi connectivity index (χ1) is 11.2. The lowest BCUT2D eigenvalue weighted by atomic mass is 10.1. The van der Waals surface area contributed by atoms with Gasteiger partial charge in [-0.2, -0.15) is 0 Å². The van der Waals surface area contributed by atoms with Crippen LogP contribution >= 0.6 is 15.9 Å². The molecule has 8 heteroatoms. The number of primary sulfonamides is 1. The molecule has 2 rings (SSSR count). The van der Waals surface area contributed by atoms with Crippen molar-refractivity contribution in [1.82, 2.24) is 0 Å². The molecule has 0 spiro atoms. The maximum absolute atomic E-state index is 12.3. The van der Waals surface area contributed by atoms with Gasteiger partial charge in [-0.15, -0.1) is 0 Å². The van der Waals surface area contributed by atoms with Gasteiger partial charge in [-0.1, -0.05) is 11.6 Å². The molecule has 0 saturated carbocycles. The Labute approximate surface area is 148 Å². The number of carbonyl (C=O) groups excluding carboxylic acids is 1. The van der Waals surface area contributed by atoms with Gasteiger partial charge in [-0.25, -0.2) is 18.4 Å². The van der Waals surface area contributed by atoms with Crippen LogP contribution in [0.15, 0.2) is 45.8 Å². The predicted octanol–water partition coefficient (Wildman–Crippen LogP) is 2.77. The Morgan fingerprint density at radius 3 is 2.54 bits per heavy atom. The van der Waals surface area contributed by atoms with Gasteiger partial charge in [-0.05, 0) is 53.2 Å². The summed E-state index contributed by atoms with van der Waals surface area (Å²) < 4.78 is 33.7. The number of hydrogen-bond acceptors (Lipinski definition) is 5. The Morgan fingerprint density at radius 1 is 1.21 bits per heavy atom. The topological polar surface area (TPSA) is 95.7 Å². The third-order valence-electron chi connectivity index (χ3n) is 3.28. The van der Waals surface area contributed by atoms with E-state index >= 15 is 0 Å². The maximum Gasteiger partial charge on any atom is 0.339 e. The van der Waals surface area contributed by atoms with E-state index in [4.69, 9.17) is 14.6 Å². The molecule has 0 bridgehead atoms. The van der Waals surface area contributed by atoms with Crippen LogP contribution in [0.2, 0.25) is 0 Å². The number of carbonyl (C=O) groups is 1. The second-order valence-electron chi connectivity index (χ2n) is 5.08. The summed E-state index contributed by atoms with van der Waals surface area (Å²) in [5.74, 6) is -0.0679. The van der Waals surface area contributed by atoms with Gasteiger partial charge in [0.15, 0.2) is 0 Å². The van der Waals surface area contributed by atoms with Crippen LogP contribution in [0.4, 0.5) is 0 Å². The number of benzene rings is 2. The zero-order valence-electron chi connectivity index (χ0n) is 13.1. The third-order valence-corrected chi connectivity index (χ3v) is 4.88. The number of aryl methyl sites for hydroxylation is 1. The van der Waals surface area contributed by atoms with Crippen LogP contribution in [0.5, 0.6) is 5.75 Å². The highest BCUT2D eigenvalue weighted by molar-refractivity contribution is 9.10. The second kappa shape index (κ2) is 7.33.